The van der Waals surface area contributed by atoms with Gasteiger partial charge in [-0.3, -0.25) is 4.79 Å². The number of nitrogens with one attached hydrogen (secondary N) is 1. The number of rotatable bonds is 5. The molecule has 0 aromatic heterocycles. The molecule has 1 aliphatic rings. The molecule has 0 saturated heterocycles. The lowest BCUT2D eigenvalue weighted by Crippen LogP contribution is -2.32. The summed E-state index contributed by atoms with van der Waals surface area (Å²) in [6.07, 6.45) is 6.13. The largest absolute Gasteiger partial charge is 0.395 e. The van der Waals surface area contributed by atoms with Gasteiger partial charge in [-0.2, -0.15) is 0 Å². The van der Waals surface area contributed by atoms with Gasteiger partial charge >= 0.3 is 0 Å². The summed E-state index contributed by atoms with van der Waals surface area (Å²) in [7, 11) is 0. The normalized spacial score (nSPS) is 18.1. The topological polar surface area (TPSA) is 58.6 Å². The van der Waals surface area contributed by atoms with Crippen LogP contribution >= 0.6 is 0 Å². The van der Waals surface area contributed by atoms with E-state index in [1.165, 1.54) is 19.3 Å². The van der Waals surface area contributed by atoms with Crippen LogP contribution in [-0.4, -0.2) is 36.9 Å². The third-order valence-electron chi connectivity index (χ3n) is 2.44. The summed E-state index contributed by atoms with van der Waals surface area (Å²) in [6, 6.07) is 0. The van der Waals surface area contributed by atoms with E-state index in [0.717, 1.165) is 12.8 Å². The van der Waals surface area contributed by atoms with Gasteiger partial charge in [0.25, 0.3) is 0 Å². The van der Waals surface area contributed by atoms with E-state index in [0.29, 0.717) is 6.54 Å². The Kier molecular flexibility index (Phi) is 5.56. The highest BCUT2D eigenvalue weighted by Gasteiger charge is 2.14. The standard InChI is InChI=1S/C10H19NO3/c12-7-6-11-10(13)8-14-9-4-2-1-3-5-9/h9,12H,1-8H2,(H,11,13). The Morgan fingerprint density at radius 1 is 1.36 bits per heavy atom. The van der Waals surface area contributed by atoms with Crippen molar-refractivity contribution in [2.45, 2.75) is 38.2 Å². The highest BCUT2D eigenvalue weighted by atomic mass is 16.5. The quantitative estimate of drug-likeness (QED) is 0.678. The van der Waals surface area contributed by atoms with Crippen molar-refractivity contribution in [3.05, 3.63) is 0 Å². The third kappa shape index (κ3) is 4.58. The molecule has 0 unspecified atom stereocenters. The fourth-order valence-corrected chi connectivity index (χ4v) is 1.67. The van der Waals surface area contributed by atoms with Crippen molar-refractivity contribution in [1.29, 1.82) is 0 Å². The first-order valence-electron chi connectivity index (χ1n) is 5.32. The molecule has 1 aliphatic carbocycles. The number of aliphatic hydroxyl groups is 1. The number of aliphatic hydroxyl groups excluding tert-OH is 1. The summed E-state index contributed by atoms with van der Waals surface area (Å²) in [5, 5.41) is 11.0. The zero-order valence-corrected chi connectivity index (χ0v) is 8.50. The maximum atomic E-state index is 11.1. The molecule has 0 aromatic carbocycles. The minimum Gasteiger partial charge on any atom is -0.395 e. The van der Waals surface area contributed by atoms with E-state index in [2.05, 4.69) is 5.32 Å². The molecule has 0 aromatic rings. The predicted octanol–water partition coefficient (Wildman–Crippen LogP) is 0.444. The molecule has 1 amide bonds. The van der Waals surface area contributed by atoms with Gasteiger partial charge in [0.15, 0.2) is 0 Å². The molecular formula is C10H19NO3. The zero-order valence-electron chi connectivity index (χ0n) is 8.50. The minimum atomic E-state index is -0.135. The molecule has 1 rings (SSSR count). The maximum Gasteiger partial charge on any atom is 0.246 e. The van der Waals surface area contributed by atoms with Gasteiger partial charge in [-0.1, -0.05) is 19.3 Å². The highest BCUT2D eigenvalue weighted by molar-refractivity contribution is 5.77. The van der Waals surface area contributed by atoms with Gasteiger partial charge in [-0.25, -0.2) is 0 Å². The lowest BCUT2D eigenvalue weighted by Gasteiger charge is -2.21. The Balaban J connectivity index is 2.03. The van der Waals surface area contributed by atoms with Crippen molar-refractivity contribution in [1.82, 2.24) is 5.32 Å². The van der Waals surface area contributed by atoms with Gasteiger partial charge in [0.05, 0.1) is 12.7 Å². The van der Waals surface area contributed by atoms with Crippen LogP contribution in [0, 0.1) is 0 Å². The van der Waals surface area contributed by atoms with Crippen LogP contribution in [0.2, 0.25) is 0 Å². The average Bonchev–Trinajstić information content (AvgIpc) is 2.25. The Labute approximate surface area is 84.6 Å². The number of hydrogen-bond donors (Lipinski definition) is 2. The second kappa shape index (κ2) is 6.79. The molecule has 0 radical (unpaired) electrons. The van der Waals surface area contributed by atoms with Crippen LogP contribution in [0.15, 0.2) is 0 Å². The van der Waals surface area contributed by atoms with E-state index in [-0.39, 0.29) is 25.2 Å². The molecule has 0 atom stereocenters. The Morgan fingerprint density at radius 2 is 2.07 bits per heavy atom. The molecule has 2 N–H and O–H groups in total. The van der Waals surface area contributed by atoms with Gasteiger partial charge in [-0.15, -0.1) is 0 Å². The highest BCUT2D eigenvalue weighted by Crippen LogP contribution is 2.19. The predicted molar refractivity (Wildman–Crippen MR) is 52.9 cm³/mol. The van der Waals surface area contributed by atoms with E-state index >= 15 is 0 Å². The smallest absolute Gasteiger partial charge is 0.246 e. The summed E-state index contributed by atoms with van der Waals surface area (Å²) in [4.78, 5) is 11.1. The van der Waals surface area contributed by atoms with E-state index in [9.17, 15) is 4.79 Å². The number of amides is 1. The Hall–Kier alpha value is -0.610. The molecule has 1 saturated carbocycles. The lowest BCUT2D eigenvalue weighted by molar-refractivity contribution is -0.128. The molecule has 4 heteroatoms. The third-order valence-corrected chi connectivity index (χ3v) is 2.44. The molecular weight excluding hydrogens is 182 g/mol. The van der Waals surface area contributed by atoms with Crippen LogP contribution in [0.25, 0.3) is 0 Å². The van der Waals surface area contributed by atoms with E-state index in [1.54, 1.807) is 0 Å². The van der Waals surface area contributed by atoms with E-state index in [4.69, 9.17) is 9.84 Å². The first-order chi connectivity index (χ1) is 6.83. The zero-order chi connectivity index (χ0) is 10.2. The van der Waals surface area contributed by atoms with Gasteiger partial charge in [-0.05, 0) is 12.8 Å². The number of carbonyl (C=O) groups excluding carboxylic acids is 1. The summed E-state index contributed by atoms with van der Waals surface area (Å²) >= 11 is 0. The van der Waals surface area contributed by atoms with Crippen LogP contribution in [0.1, 0.15) is 32.1 Å². The molecule has 1 fully saturated rings. The van der Waals surface area contributed by atoms with Crippen molar-refractivity contribution < 1.29 is 14.6 Å². The lowest BCUT2D eigenvalue weighted by atomic mass is 9.98. The monoisotopic (exact) mass is 201 g/mol. The van der Waals surface area contributed by atoms with Crippen LogP contribution in [0.4, 0.5) is 0 Å². The van der Waals surface area contributed by atoms with Crippen molar-refractivity contribution in [2.75, 3.05) is 19.8 Å². The molecule has 0 heterocycles. The van der Waals surface area contributed by atoms with Crippen LogP contribution in [-0.2, 0) is 9.53 Å². The number of carbonyl (C=O) groups is 1. The van der Waals surface area contributed by atoms with E-state index < -0.39 is 0 Å². The Morgan fingerprint density at radius 3 is 2.71 bits per heavy atom. The molecule has 0 spiro atoms. The molecule has 82 valence electrons. The summed E-state index contributed by atoms with van der Waals surface area (Å²) in [5.74, 6) is -0.135. The van der Waals surface area contributed by atoms with E-state index in [1.807, 2.05) is 0 Å². The SMILES string of the molecule is O=C(COC1CCCCC1)NCCO. The second-order valence-electron chi connectivity index (χ2n) is 3.64. The summed E-state index contributed by atoms with van der Waals surface area (Å²) < 4.78 is 5.45. The molecule has 0 aliphatic heterocycles. The number of ether oxygens (including phenoxy) is 1. The first-order valence-corrected chi connectivity index (χ1v) is 5.32. The van der Waals surface area contributed by atoms with Gasteiger partial charge in [0, 0.05) is 6.54 Å². The fourth-order valence-electron chi connectivity index (χ4n) is 1.67. The Bertz CT molecular complexity index is 167. The average molecular weight is 201 g/mol. The van der Waals surface area contributed by atoms with Crippen LogP contribution in [0.3, 0.4) is 0 Å². The first kappa shape index (κ1) is 11.5. The molecule has 0 bridgehead atoms. The van der Waals surface area contributed by atoms with Gasteiger partial charge < -0.3 is 15.2 Å². The minimum absolute atomic E-state index is 0.0187. The number of hydrogen-bond acceptors (Lipinski definition) is 3. The van der Waals surface area contributed by atoms with Crippen molar-refractivity contribution in [2.24, 2.45) is 0 Å². The van der Waals surface area contributed by atoms with Crippen molar-refractivity contribution in [3.63, 3.8) is 0 Å². The van der Waals surface area contributed by atoms with Crippen molar-refractivity contribution in [3.8, 4) is 0 Å². The van der Waals surface area contributed by atoms with Gasteiger partial charge in [0.1, 0.15) is 6.61 Å². The van der Waals surface area contributed by atoms with Crippen LogP contribution < -0.4 is 5.32 Å². The van der Waals surface area contributed by atoms with Crippen molar-refractivity contribution >= 4 is 5.91 Å². The molecule has 14 heavy (non-hydrogen) atoms. The van der Waals surface area contributed by atoms with Gasteiger partial charge in [0.2, 0.25) is 5.91 Å². The second-order valence-corrected chi connectivity index (χ2v) is 3.64. The maximum absolute atomic E-state index is 11.1. The van der Waals surface area contributed by atoms with Crippen LogP contribution in [0.5, 0.6) is 0 Å². The fraction of sp³-hybridized carbons (Fsp3) is 0.900. The summed E-state index contributed by atoms with van der Waals surface area (Å²) in [6.45, 7) is 0.423. The summed E-state index contributed by atoms with van der Waals surface area (Å²) in [5.41, 5.74) is 0. The molecule has 4 nitrogen and oxygen atoms in total.